The Bertz CT molecular complexity index is 1250. The topological polar surface area (TPSA) is 77.4 Å². The van der Waals surface area contributed by atoms with Gasteiger partial charge in [0.15, 0.2) is 0 Å². The Labute approximate surface area is 193 Å². The second-order valence-electron chi connectivity index (χ2n) is 8.60. The summed E-state index contributed by atoms with van der Waals surface area (Å²) in [5, 5.41) is 3.54. The van der Waals surface area contributed by atoms with Gasteiger partial charge in [-0.05, 0) is 60.3 Å². The van der Waals surface area contributed by atoms with Crippen molar-refractivity contribution < 1.29 is 26.7 Å². The highest BCUT2D eigenvalue weighted by atomic mass is 79.9. The van der Waals surface area contributed by atoms with Crippen molar-refractivity contribution in [2.75, 3.05) is 0 Å². The van der Waals surface area contributed by atoms with Crippen LogP contribution < -0.4 is 5.32 Å². The van der Waals surface area contributed by atoms with E-state index in [0.29, 0.717) is 16.6 Å². The molecule has 1 fully saturated rings. The molecule has 0 aliphatic heterocycles. The Morgan fingerprint density at radius 2 is 1.97 bits per heavy atom. The Morgan fingerprint density at radius 1 is 1.28 bits per heavy atom. The molecule has 6 nitrogen and oxygen atoms in total. The standard InChI is InChI=1S/C22H23BrF2N2O4S/c1-21(10-11-21)19(28)26-13-15-12-14-6-3-4-7-16(14)27(15)32(29,30)22(2)9-5-8-17(18(22)23)31-20(24)25/h3-8,12,20H,9-11,13H2,1-2H3,(H,26,28). The van der Waals surface area contributed by atoms with Gasteiger partial charge < -0.3 is 10.1 Å². The van der Waals surface area contributed by atoms with Crippen LogP contribution in [0.15, 0.2) is 52.7 Å². The molecule has 1 aromatic heterocycles. The molecule has 0 saturated heterocycles. The van der Waals surface area contributed by atoms with Crippen molar-refractivity contribution in [1.29, 1.82) is 0 Å². The lowest BCUT2D eigenvalue weighted by Gasteiger charge is -2.33. The largest absolute Gasteiger partial charge is 0.434 e. The van der Waals surface area contributed by atoms with E-state index in [1.165, 1.54) is 23.0 Å². The number of rotatable bonds is 7. The summed E-state index contributed by atoms with van der Waals surface area (Å²) < 4.78 is 57.9. The van der Waals surface area contributed by atoms with Gasteiger partial charge >= 0.3 is 6.61 Å². The van der Waals surface area contributed by atoms with Gasteiger partial charge in [0.2, 0.25) is 15.9 Å². The monoisotopic (exact) mass is 528 g/mol. The van der Waals surface area contributed by atoms with E-state index in [1.807, 2.05) is 6.92 Å². The van der Waals surface area contributed by atoms with Crippen LogP contribution in [0.3, 0.4) is 0 Å². The number of para-hydroxylation sites is 1. The van der Waals surface area contributed by atoms with Crippen LogP contribution in [0.25, 0.3) is 10.9 Å². The van der Waals surface area contributed by atoms with Crippen LogP contribution >= 0.6 is 15.9 Å². The molecule has 2 aromatic rings. The van der Waals surface area contributed by atoms with Gasteiger partial charge in [-0.3, -0.25) is 4.79 Å². The molecule has 0 radical (unpaired) electrons. The zero-order chi connectivity index (χ0) is 23.3. The highest BCUT2D eigenvalue weighted by Gasteiger charge is 2.47. The molecule has 2 aliphatic rings. The van der Waals surface area contributed by atoms with Crippen molar-refractivity contribution in [2.45, 2.75) is 51.0 Å². The van der Waals surface area contributed by atoms with Crippen molar-refractivity contribution in [3.63, 3.8) is 0 Å². The van der Waals surface area contributed by atoms with Gasteiger partial charge in [0, 0.05) is 10.8 Å². The Kier molecular flexibility index (Phi) is 5.73. The zero-order valence-electron chi connectivity index (χ0n) is 17.6. The van der Waals surface area contributed by atoms with Gasteiger partial charge in [-0.15, -0.1) is 0 Å². The fourth-order valence-electron chi connectivity index (χ4n) is 3.81. The number of halogens is 3. The van der Waals surface area contributed by atoms with Gasteiger partial charge in [0.25, 0.3) is 0 Å². The number of fused-ring (bicyclic) bond motifs is 1. The highest BCUT2D eigenvalue weighted by Crippen LogP contribution is 2.45. The van der Waals surface area contributed by atoms with Crippen LogP contribution in [-0.4, -0.2) is 29.7 Å². The normalized spacial score (nSPS) is 22.4. The lowest BCUT2D eigenvalue weighted by Crippen LogP contribution is -2.42. The number of allylic oxidation sites excluding steroid dienone is 2. The fraction of sp³-hybridized carbons (Fsp3) is 0.409. The first-order valence-corrected chi connectivity index (χ1v) is 12.4. The molecule has 2 aliphatic carbocycles. The maximum absolute atomic E-state index is 14.0. The van der Waals surface area contributed by atoms with E-state index in [0.717, 1.165) is 12.8 Å². The van der Waals surface area contributed by atoms with Crippen LogP contribution in [0.5, 0.6) is 0 Å². The third-order valence-electron chi connectivity index (χ3n) is 6.20. The quantitative estimate of drug-likeness (QED) is 0.559. The van der Waals surface area contributed by atoms with Gasteiger partial charge in [0.1, 0.15) is 10.5 Å². The molecule has 1 N–H and O–H groups in total. The molecule has 1 saturated carbocycles. The smallest absolute Gasteiger partial charge is 0.387 e. The number of alkyl halides is 2. The molecule has 172 valence electrons. The number of hydrogen-bond donors (Lipinski definition) is 1. The minimum Gasteiger partial charge on any atom is -0.434 e. The number of benzene rings is 1. The summed E-state index contributed by atoms with van der Waals surface area (Å²) in [5.74, 6) is -0.350. The number of amides is 1. The first-order chi connectivity index (χ1) is 15.0. The van der Waals surface area contributed by atoms with Crippen molar-refractivity contribution in [1.82, 2.24) is 9.29 Å². The van der Waals surface area contributed by atoms with Crippen LogP contribution in [0.1, 0.15) is 38.8 Å². The first-order valence-electron chi connectivity index (χ1n) is 10.1. The maximum atomic E-state index is 14.0. The van der Waals surface area contributed by atoms with Crippen molar-refractivity contribution >= 4 is 42.8 Å². The lowest BCUT2D eigenvalue weighted by molar-refractivity contribution is -0.125. The molecular formula is C22H23BrF2N2O4S. The summed E-state index contributed by atoms with van der Waals surface area (Å²) in [6, 6.07) is 8.70. The number of nitrogens with zero attached hydrogens (tertiary/aromatic N) is 1. The second kappa shape index (κ2) is 7.98. The van der Waals surface area contributed by atoms with Crippen molar-refractivity contribution in [3.8, 4) is 0 Å². The van der Waals surface area contributed by atoms with Crippen molar-refractivity contribution in [3.05, 3.63) is 58.4 Å². The predicted octanol–water partition coefficient (Wildman–Crippen LogP) is 4.80. The second-order valence-corrected chi connectivity index (χ2v) is 11.6. The minimum atomic E-state index is -4.18. The number of carbonyl (C=O) groups is 1. The molecule has 10 heteroatoms. The summed E-state index contributed by atoms with van der Waals surface area (Å²) in [6.07, 6.45) is 4.49. The van der Waals surface area contributed by atoms with E-state index < -0.39 is 26.8 Å². The Balaban J connectivity index is 1.80. The van der Waals surface area contributed by atoms with Gasteiger partial charge in [-0.1, -0.05) is 31.2 Å². The lowest BCUT2D eigenvalue weighted by atomic mass is 10.0. The third kappa shape index (κ3) is 3.77. The number of nitrogens with one attached hydrogen (secondary N) is 1. The average molecular weight is 529 g/mol. The molecule has 1 amide bonds. The number of hydrogen-bond acceptors (Lipinski definition) is 4. The summed E-state index contributed by atoms with van der Waals surface area (Å²) in [6.45, 7) is 0.272. The van der Waals surface area contributed by atoms with Crippen LogP contribution in [-0.2, 0) is 26.1 Å². The molecular weight excluding hydrogens is 506 g/mol. The van der Waals surface area contributed by atoms with E-state index >= 15 is 0 Å². The number of aromatic nitrogens is 1. The van der Waals surface area contributed by atoms with Crippen LogP contribution in [0.2, 0.25) is 0 Å². The van der Waals surface area contributed by atoms with E-state index in [1.54, 1.807) is 30.3 Å². The average Bonchev–Trinajstić information content (AvgIpc) is 3.37. The third-order valence-corrected chi connectivity index (χ3v) is 10.1. The SMILES string of the molecule is CC1(C(=O)NCc2cc3ccccc3n2S(=O)(=O)C2(C)CC=CC(OC(F)F)=C2Br)CC1. The molecule has 0 spiro atoms. The summed E-state index contributed by atoms with van der Waals surface area (Å²) in [5.41, 5.74) is 0.432. The van der Waals surface area contributed by atoms with E-state index in [9.17, 15) is 22.0 Å². The van der Waals surface area contributed by atoms with Gasteiger partial charge in [-0.25, -0.2) is 12.4 Å². The predicted molar refractivity (Wildman–Crippen MR) is 121 cm³/mol. The Hall–Kier alpha value is -2.20. The molecule has 32 heavy (non-hydrogen) atoms. The number of carbonyl (C=O) groups excluding carboxylic acids is 1. The summed E-state index contributed by atoms with van der Waals surface area (Å²) in [4.78, 5) is 12.5. The number of ether oxygens (including phenoxy) is 1. The van der Waals surface area contributed by atoms with Crippen LogP contribution in [0.4, 0.5) is 8.78 Å². The molecule has 1 unspecified atom stereocenters. The van der Waals surface area contributed by atoms with E-state index in [4.69, 9.17) is 0 Å². The fourth-order valence-corrected chi connectivity index (χ4v) is 6.70. The van der Waals surface area contributed by atoms with Crippen LogP contribution in [0, 0.1) is 5.41 Å². The van der Waals surface area contributed by atoms with E-state index in [2.05, 4.69) is 26.0 Å². The molecule has 1 atom stereocenters. The van der Waals surface area contributed by atoms with Crippen molar-refractivity contribution in [2.24, 2.45) is 5.41 Å². The summed E-state index contributed by atoms with van der Waals surface area (Å²) in [7, 11) is -4.18. The zero-order valence-corrected chi connectivity index (χ0v) is 20.0. The first kappa shape index (κ1) is 23.0. The molecule has 0 bridgehead atoms. The minimum absolute atomic E-state index is 0.0195. The Morgan fingerprint density at radius 3 is 2.62 bits per heavy atom. The molecule has 1 heterocycles. The highest BCUT2D eigenvalue weighted by molar-refractivity contribution is 9.12. The van der Waals surface area contributed by atoms with Gasteiger partial charge in [0.05, 0.1) is 22.2 Å². The summed E-state index contributed by atoms with van der Waals surface area (Å²) >= 11 is 3.22. The van der Waals surface area contributed by atoms with Gasteiger partial charge in [-0.2, -0.15) is 8.78 Å². The molecule has 1 aromatic carbocycles. The molecule has 4 rings (SSSR count). The maximum Gasteiger partial charge on any atom is 0.387 e. The van der Waals surface area contributed by atoms with E-state index in [-0.39, 0.29) is 29.1 Å².